The van der Waals surface area contributed by atoms with E-state index in [1.54, 1.807) is 52.0 Å². The summed E-state index contributed by atoms with van der Waals surface area (Å²) in [7, 11) is 0. The van der Waals surface area contributed by atoms with Crippen molar-refractivity contribution in [3.8, 4) is 11.4 Å². The summed E-state index contributed by atoms with van der Waals surface area (Å²) in [4.78, 5) is 32.4. The van der Waals surface area contributed by atoms with Crippen LogP contribution in [0.5, 0.6) is 5.75 Å². The van der Waals surface area contributed by atoms with Crippen molar-refractivity contribution in [3.05, 3.63) is 82.0 Å². The van der Waals surface area contributed by atoms with Crippen LogP contribution in [0.25, 0.3) is 16.7 Å². The van der Waals surface area contributed by atoms with Crippen LogP contribution in [-0.4, -0.2) is 67.1 Å². The van der Waals surface area contributed by atoms with Crippen molar-refractivity contribution < 1.29 is 14.6 Å². The molecule has 1 aliphatic heterocycles. The van der Waals surface area contributed by atoms with Gasteiger partial charge in [0.25, 0.3) is 11.5 Å². The van der Waals surface area contributed by atoms with Gasteiger partial charge < -0.3 is 20.5 Å². The lowest BCUT2D eigenvalue weighted by atomic mass is 9.91. The third kappa shape index (κ3) is 5.42. The molecule has 0 aliphatic carbocycles. The second kappa shape index (κ2) is 10.9. The lowest BCUT2D eigenvalue weighted by Gasteiger charge is -2.38. The first-order valence-corrected chi connectivity index (χ1v) is 12.9. The highest BCUT2D eigenvalue weighted by molar-refractivity contribution is 6.30. The van der Waals surface area contributed by atoms with Gasteiger partial charge in [-0.25, -0.2) is 9.67 Å². The van der Waals surface area contributed by atoms with Gasteiger partial charge in [-0.05, 0) is 68.3 Å². The molecule has 0 bridgehead atoms. The number of benzene rings is 2. The average molecular weight is 537 g/mol. The summed E-state index contributed by atoms with van der Waals surface area (Å²) >= 11 is 5.98. The van der Waals surface area contributed by atoms with Crippen molar-refractivity contribution in [2.45, 2.75) is 31.4 Å². The minimum Gasteiger partial charge on any atom is -0.494 e. The first kappa shape index (κ1) is 25.9. The number of nitrogens with zero attached hydrogens (tertiary/aromatic N) is 5. The Hall–Kier alpha value is -3.73. The molecular formula is C27H29ClN6O4. The SMILES string of the molecule is NCCCOc1cccc(C(=O)N2CCC(O)(Cn3cnc4c(cnn4-c4ccc(Cl)cc4)c3=O)CC2)c1. The van der Waals surface area contributed by atoms with E-state index < -0.39 is 5.60 Å². The van der Waals surface area contributed by atoms with Crippen LogP contribution in [0.15, 0.2) is 65.8 Å². The quantitative estimate of drug-likeness (QED) is 0.331. The Morgan fingerprint density at radius 1 is 1.16 bits per heavy atom. The van der Waals surface area contributed by atoms with Crippen molar-refractivity contribution in [3.63, 3.8) is 0 Å². The first-order chi connectivity index (χ1) is 18.4. The summed E-state index contributed by atoms with van der Waals surface area (Å²) in [6.45, 7) is 1.84. The zero-order chi connectivity index (χ0) is 26.7. The maximum atomic E-state index is 13.2. The van der Waals surface area contributed by atoms with Crippen molar-refractivity contribution in [1.29, 1.82) is 0 Å². The van der Waals surface area contributed by atoms with Gasteiger partial charge in [0.1, 0.15) is 17.5 Å². The lowest BCUT2D eigenvalue weighted by molar-refractivity contribution is -0.0299. The molecule has 0 spiro atoms. The van der Waals surface area contributed by atoms with Crippen LogP contribution in [0, 0.1) is 0 Å². The maximum absolute atomic E-state index is 13.2. The summed E-state index contributed by atoms with van der Waals surface area (Å²) in [6.07, 6.45) is 4.32. The predicted octanol–water partition coefficient (Wildman–Crippen LogP) is 2.63. The fourth-order valence-electron chi connectivity index (χ4n) is 4.61. The fraction of sp³-hybridized carbons (Fsp3) is 0.333. The Labute approximate surface area is 224 Å². The van der Waals surface area contributed by atoms with Gasteiger partial charge in [-0.2, -0.15) is 5.10 Å². The summed E-state index contributed by atoms with van der Waals surface area (Å²) in [6, 6.07) is 14.2. The molecule has 0 radical (unpaired) electrons. The van der Waals surface area contributed by atoms with Gasteiger partial charge in [-0.1, -0.05) is 17.7 Å². The molecular weight excluding hydrogens is 508 g/mol. The highest BCUT2D eigenvalue weighted by Crippen LogP contribution is 2.26. The number of likely N-dealkylation sites (tertiary alicyclic amines) is 1. The Morgan fingerprint density at radius 2 is 1.92 bits per heavy atom. The molecule has 0 atom stereocenters. The van der Waals surface area contributed by atoms with Gasteiger partial charge in [-0.15, -0.1) is 0 Å². The number of fused-ring (bicyclic) bond motifs is 1. The number of amides is 1. The summed E-state index contributed by atoms with van der Waals surface area (Å²) < 4.78 is 8.65. The standard InChI is InChI=1S/C27H29ClN6O4/c28-20-5-7-21(8-6-20)34-24-23(16-31-34)26(36)33(18-30-24)17-27(37)9-12-32(13-10-27)25(35)19-3-1-4-22(15-19)38-14-2-11-29/h1,3-8,15-16,18,37H,2,9-14,17,29H2. The second-order valence-corrected chi connectivity index (χ2v) is 9.92. The molecule has 4 aromatic rings. The normalized spacial score (nSPS) is 15.1. The van der Waals surface area contributed by atoms with Gasteiger partial charge in [0.2, 0.25) is 0 Å². The number of ether oxygens (including phenoxy) is 1. The lowest BCUT2D eigenvalue weighted by Crippen LogP contribution is -2.49. The van der Waals surface area contributed by atoms with Crippen molar-refractivity contribution in [2.75, 3.05) is 26.2 Å². The molecule has 3 heterocycles. The zero-order valence-corrected chi connectivity index (χ0v) is 21.5. The first-order valence-electron chi connectivity index (χ1n) is 12.5. The van der Waals surface area contributed by atoms with Crippen molar-refractivity contribution in [2.24, 2.45) is 5.73 Å². The van der Waals surface area contributed by atoms with Gasteiger partial charge in [0, 0.05) is 23.7 Å². The van der Waals surface area contributed by atoms with Gasteiger partial charge in [-0.3, -0.25) is 14.2 Å². The average Bonchev–Trinajstić information content (AvgIpc) is 3.36. The van der Waals surface area contributed by atoms with E-state index in [1.807, 2.05) is 6.07 Å². The molecule has 2 aromatic heterocycles. The predicted molar refractivity (Wildman–Crippen MR) is 144 cm³/mol. The largest absolute Gasteiger partial charge is 0.494 e. The van der Waals surface area contributed by atoms with E-state index in [0.717, 1.165) is 12.1 Å². The maximum Gasteiger partial charge on any atom is 0.264 e. The summed E-state index contributed by atoms with van der Waals surface area (Å²) in [5, 5.41) is 16.6. The van der Waals surface area contributed by atoms with Crippen LogP contribution in [0.3, 0.4) is 0 Å². The minimum absolute atomic E-state index is 0.0768. The monoisotopic (exact) mass is 536 g/mol. The molecule has 11 heteroatoms. The second-order valence-electron chi connectivity index (χ2n) is 9.48. The number of carbonyl (C=O) groups is 1. The summed E-state index contributed by atoms with van der Waals surface area (Å²) in [5.74, 6) is 0.505. The van der Waals surface area contributed by atoms with E-state index in [9.17, 15) is 14.7 Å². The number of rotatable bonds is 8. The van der Waals surface area contributed by atoms with Crippen LogP contribution < -0.4 is 16.0 Å². The van der Waals surface area contributed by atoms with Crippen LogP contribution in [-0.2, 0) is 6.54 Å². The molecule has 1 aliphatic rings. The van der Waals surface area contributed by atoms with E-state index in [-0.39, 0.29) is 18.0 Å². The molecule has 1 amide bonds. The number of hydrogen-bond donors (Lipinski definition) is 2. The smallest absolute Gasteiger partial charge is 0.264 e. The van der Waals surface area contributed by atoms with Crippen LogP contribution in [0.4, 0.5) is 0 Å². The molecule has 1 fully saturated rings. The molecule has 1 saturated heterocycles. The molecule has 38 heavy (non-hydrogen) atoms. The van der Waals surface area contributed by atoms with Crippen molar-refractivity contribution in [1.82, 2.24) is 24.2 Å². The van der Waals surface area contributed by atoms with Crippen LogP contribution in [0.2, 0.25) is 5.02 Å². The number of piperidine rings is 1. The third-order valence-electron chi connectivity index (χ3n) is 6.77. The molecule has 2 aromatic carbocycles. The van der Waals surface area contributed by atoms with E-state index in [0.29, 0.717) is 66.5 Å². The molecule has 10 nitrogen and oxygen atoms in total. The Balaban J connectivity index is 1.26. The van der Waals surface area contributed by atoms with Crippen LogP contribution in [0.1, 0.15) is 29.6 Å². The Morgan fingerprint density at radius 3 is 2.66 bits per heavy atom. The van der Waals surface area contributed by atoms with Gasteiger partial charge >= 0.3 is 0 Å². The topological polar surface area (TPSA) is 128 Å². The molecule has 0 unspecified atom stereocenters. The zero-order valence-electron chi connectivity index (χ0n) is 20.8. The van der Waals surface area contributed by atoms with E-state index >= 15 is 0 Å². The van der Waals surface area contributed by atoms with E-state index in [1.165, 1.54) is 17.1 Å². The minimum atomic E-state index is -1.14. The highest BCUT2D eigenvalue weighted by atomic mass is 35.5. The number of aromatic nitrogens is 4. The number of aliphatic hydroxyl groups is 1. The number of halogens is 1. The van der Waals surface area contributed by atoms with Gasteiger partial charge in [0.05, 0.1) is 30.6 Å². The molecule has 3 N–H and O–H groups in total. The fourth-order valence-corrected chi connectivity index (χ4v) is 4.73. The van der Waals surface area contributed by atoms with Crippen LogP contribution >= 0.6 is 11.6 Å². The number of hydrogen-bond acceptors (Lipinski definition) is 7. The molecule has 0 saturated carbocycles. The highest BCUT2D eigenvalue weighted by Gasteiger charge is 2.35. The Bertz CT molecular complexity index is 1490. The summed E-state index contributed by atoms with van der Waals surface area (Å²) in [5.41, 5.74) is 5.77. The number of carbonyl (C=O) groups excluding carboxylic acids is 1. The van der Waals surface area contributed by atoms with E-state index in [2.05, 4.69) is 10.1 Å². The molecule has 198 valence electrons. The van der Waals surface area contributed by atoms with Crippen molar-refractivity contribution >= 4 is 28.5 Å². The molecule has 5 rings (SSSR count). The van der Waals surface area contributed by atoms with Gasteiger partial charge in [0.15, 0.2) is 5.65 Å². The third-order valence-corrected chi connectivity index (χ3v) is 7.02. The Kier molecular flexibility index (Phi) is 7.46. The number of nitrogens with two attached hydrogens (primary N) is 1. The van der Waals surface area contributed by atoms with E-state index in [4.69, 9.17) is 22.1 Å².